The van der Waals surface area contributed by atoms with Crippen LogP contribution in [-0.4, -0.2) is 99.7 Å². The van der Waals surface area contributed by atoms with Crippen molar-refractivity contribution < 1.29 is 57.8 Å². The van der Waals surface area contributed by atoms with Gasteiger partial charge in [0.25, 0.3) is 0 Å². The highest BCUT2D eigenvalue weighted by Gasteiger charge is 2.72. The molecule has 0 radical (unpaired) electrons. The van der Waals surface area contributed by atoms with E-state index in [2.05, 4.69) is 26.2 Å². The number of hydrogen-bond donors (Lipinski definition) is 2. The van der Waals surface area contributed by atoms with Crippen molar-refractivity contribution in [3.8, 4) is 6.07 Å². The van der Waals surface area contributed by atoms with Crippen LogP contribution in [0.1, 0.15) is 218 Å². The van der Waals surface area contributed by atoms with Gasteiger partial charge in [0.05, 0.1) is 46.2 Å². The van der Waals surface area contributed by atoms with E-state index in [1.165, 1.54) is 64.2 Å². The van der Waals surface area contributed by atoms with Gasteiger partial charge in [-0.2, -0.15) is 17.0 Å². The maximum atomic E-state index is 12.4. The Labute approximate surface area is 432 Å². The van der Waals surface area contributed by atoms with Gasteiger partial charge in [-0.15, -0.1) is 0 Å². The zero-order valence-electron chi connectivity index (χ0n) is 46.2. The lowest BCUT2D eigenvalue weighted by Crippen LogP contribution is -2.67. The summed E-state index contributed by atoms with van der Waals surface area (Å²) < 4.78 is 34.0. The molecule has 406 valence electrons. The molecule has 0 spiro atoms. The van der Waals surface area contributed by atoms with E-state index in [-0.39, 0.29) is 59.1 Å². The maximum absolute atomic E-state index is 12.4. The number of hydrogen-bond acceptors (Lipinski definition) is 14. The van der Waals surface area contributed by atoms with Crippen molar-refractivity contribution >= 4 is 35.6 Å². The van der Waals surface area contributed by atoms with Gasteiger partial charge in [-0.25, -0.2) is 0 Å². The van der Waals surface area contributed by atoms with Crippen LogP contribution in [0.3, 0.4) is 0 Å². The minimum Gasteiger partial charge on any atom is -0.459 e. The Morgan fingerprint density at radius 2 is 1.31 bits per heavy atom. The van der Waals surface area contributed by atoms with Crippen LogP contribution >= 0.6 is 11.8 Å². The van der Waals surface area contributed by atoms with Crippen LogP contribution in [0, 0.1) is 56.7 Å². The fourth-order valence-electron chi connectivity index (χ4n) is 12.8. The Bertz CT molecular complexity index is 1850. The average Bonchev–Trinajstić information content (AvgIpc) is 3.91. The molecule has 14 heteroatoms. The zero-order valence-corrected chi connectivity index (χ0v) is 47.0. The van der Waals surface area contributed by atoms with Crippen LogP contribution in [0.2, 0.25) is 0 Å². The highest BCUT2D eigenvalue weighted by atomic mass is 32.2. The molecule has 1 aliphatic heterocycles. The number of ether oxygens (including phenoxy) is 6. The standard InChI is InChI=1S/C16H26O4.C15H19NO4.C15H28O2.C11H22O2S/c1-4-13(2,3)12(17)20-16-7-11-5-14(18,9-16)8-15(19,6-11)10-16;1-4-14(2,3)12(17)19-10-8-5-9-11(10)20-13(18)15(9,6-8)7-16;1-6-14(2,3)13(16)17-15(4,5)12-10-8-7-9-11-12;1-10(12-8-9-14-2)13-11-6-4-3-5-7-11/h11,18-19H,4-10H2,1-3H3;8-11H,4-6H2,1-3H3;12H,6-11H2,1-5H3;10-11H,3-9H2,1-2H3. The predicted molar refractivity (Wildman–Crippen MR) is 275 cm³/mol. The van der Waals surface area contributed by atoms with E-state index in [1.807, 2.05) is 81.0 Å². The Kier molecular flexibility index (Phi) is 19.8. The third-order valence-electron chi connectivity index (χ3n) is 18.1. The molecular weight excluding hydrogens is 923 g/mol. The summed E-state index contributed by atoms with van der Waals surface area (Å²) in [5.74, 6) is 0.920. The van der Waals surface area contributed by atoms with Gasteiger partial charge in [0, 0.05) is 36.9 Å². The first-order valence-electron chi connectivity index (χ1n) is 27.6. The second-order valence-electron chi connectivity index (χ2n) is 25.5. The van der Waals surface area contributed by atoms with Crippen molar-refractivity contribution in [3.05, 3.63) is 0 Å². The summed E-state index contributed by atoms with van der Waals surface area (Å²) in [6.45, 7) is 24.3. The van der Waals surface area contributed by atoms with Crippen molar-refractivity contribution in [1.29, 1.82) is 5.26 Å². The first-order chi connectivity index (χ1) is 33.1. The quantitative estimate of drug-likeness (QED) is 0.0643. The summed E-state index contributed by atoms with van der Waals surface area (Å²) in [6, 6.07) is 2.15. The van der Waals surface area contributed by atoms with E-state index in [4.69, 9.17) is 28.4 Å². The van der Waals surface area contributed by atoms with E-state index in [1.54, 1.807) is 0 Å². The normalized spacial score (nSPS) is 33.5. The summed E-state index contributed by atoms with van der Waals surface area (Å²) in [5, 5.41) is 30.6. The molecule has 9 aliphatic rings. The van der Waals surface area contributed by atoms with Crippen LogP contribution in [0.5, 0.6) is 0 Å². The van der Waals surface area contributed by atoms with Gasteiger partial charge in [0.1, 0.15) is 23.4 Å². The Hall–Kier alpha value is -2.44. The van der Waals surface area contributed by atoms with Crippen molar-refractivity contribution in [1.82, 2.24) is 0 Å². The number of aliphatic hydroxyl groups is 2. The van der Waals surface area contributed by atoms with E-state index >= 15 is 0 Å². The van der Waals surface area contributed by atoms with Gasteiger partial charge >= 0.3 is 23.9 Å². The third-order valence-corrected chi connectivity index (χ3v) is 18.7. The largest absolute Gasteiger partial charge is 0.459 e. The highest BCUT2D eigenvalue weighted by Crippen LogP contribution is 2.63. The van der Waals surface area contributed by atoms with Crippen molar-refractivity contribution in [2.75, 3.05) is 18.6 Å². The molecule has 6 bridgehead atoms. The van der Waals surface area contributed by atoms with Crippen LogP contribution in [0.15, 0.2) is 0 Å². The molecule has 8 atom stereocenters. The minimum absolute atomic E-state index is 0.0229. The summed E-state index contributed by atoms with van der Waals surface area (Å²) in [7, 11) is 0. The van der Waals surface area contributed by atoms with Gasteiger partial charge in [-0.1, -0.05) is 59.3 Å². The van der Waals surface area contributed by atoms with Gasteiger partial charge < -0.3 is 38.6 Å². The topological polar surface area (TPSA) is 188 Å². The maximum Gasteiger partial charge on any atom is 0.327 e. The highest BCUT2D eigenvalue weighted by molar-refractivity contribution is 7.98. The van der Waals surface area contributed by atoms with Gasteiger partial charge in [-0.3, -0.25) is 19.2 Å². The SMILES string of the molecule is CCC(C)(C)C(=O)OC(C)(C)C1CCCCC1.CCC(C)(C)C(=O)OC12CC3CC(O)(CC(O)(C3)C1)C2.CCC(C)(C)C(=O)OC1C2CC3C1OC(=O)C3(C#N)C2.CSCCOC(C)OC1CCCCC1. The second-order valence-corrected chi connectivity index (χ2v) is 26.5. The summed E-state index contributed by atoms with van der Waals surface area (Å²) in [6.07, 6.45) is 21.6. The molecule has 2 N–H and O–H groups in total. The molecule has 1 saturated heterocycles. The molecule has 0 amide bonds. The van der Waals surface area contributed by atoms with Crippen molar-refractivity contribution in [3.63, 3.8) is 0 Å². The first kappa shape index (κ1) is 59.4. The number of thioether (sulfide) groups is 1. The smallest absolute Gasteiger partial charge is 0.327 e. The molecule has 8 aliphatic carbocycles. The van der Waals surface area contributed by atoms with E-state index in [0.717, 1.165) is 50.9 Å². The number of nitrogens with zero attached hydrogens (tertiary/aromatic N) is 1. The predicted octanol–water partition coefficient (Wildman–Crippen LogP) is 11.4. The fraction of sp³-hybridized carbons (Fsp3) is 0.912. The van der Waals surface area contributed by atoms with Gasteiger partial charge in [0.15, 0.2) is 11.7 Å². The van der Waals surface area contributed by atoms with Crippen molar-refractivity contribution in [2.24, 2.45) is 45.3 Å². The number of carbonyl (C=O) groups is 4. The number of nitriles is 1. The molecule has 9 rings (SSSR count). The molecular formula is C57H95NO12S. The molecule has 1 heterocycles. The molecule has 8 saturated carbocycles. The number of esters is 4. The fourth-order valence-corrected chi connectivity index (χ4v) is 13.0. The lowest BCUT2D eigenvalue weighted by molar-refractivity contribution is -0.264. The second kappa shape index (κ2) is 23.6. The molecule has 0 aromatic heterocycles. The van der Waals surface area contributed by atoms with E-state index in [9.17, 15) is 34.7 Å². The lowest BCUT2D eigenvalue weighted by atomic mass is 9.50. The molecule has 0 aromatic carbocycles. The zero-order chi connectivity index (χ0) is 52.8. The first-order valence-corrected chi connectivity index (χ1v) is 29.0. The third kappa shape index (κ3) is 14.3. The summed E-state index contributed by atoms with van der Waals surface area (Å²) in [4.78, 5) is 48.7. The monoisotopic (exact) mass is 1020 g/mol. The minimum atomic E-state index is -0.974. The van der Waals surface area contributed by atoms with E-state index < -0.39 is 45.1 Å². The molecule has 9 fully saturated rings. The van der Waals surface area contributed by atoms with Crippen molar-refractivity contribution in [2.45, 2.75) is 265 Å². The molecule has 8 unspecified atom stereocenters. The van der Waals surface area contributed by atoms with Crippen LogP contribution in [-0.2, 0) is 47.6 Å². The number of carbonyl (C=O) groups excluding carboxylic acids is 4. The Balaban J connectivity index is 0.000000178. The Morgan fingerprint density at radius 3 is 1.83 bits per heavy atom. The van der Waals surface area contributed by atoms with Crippen LogP contribution < -0.4 is 0 Å². The van der Waals surface area contributed by atoms with E-state index in [0.29, 0.717) is 44.1 Å². The van der Waals surface area contributed by atoms with Crippen LogP contribution in [0.25, 0.3) is 0 Å². The average molecular weight is 1020 g/mol. The van der Waals surface area contributed by atoms with Gasteiger partial charge in [-0.05, 0) is 157 Å². The molecule has 0 aromatic rings. The summed E-state index contributed by atoms with van der Waals surface area (Å²) in [5.41, 5.74) is -5.00. The summed E-state index contributed by atoms with van der Waals surface area (Å²) >= 11 is 1.81. The number of fused-ring (bicyclic) bond motifs is 1. The molecule has 13 nitrogen and oxygen atoms in total. The van der Waals surface area contributed by atoms with Gasteiger partial charge in [0.2, 0.25) is 0 Å². The van der Waals surface area contributed by atoms with Crippen LogP contribution in [0.4, 0.5) is 0 Å². The number of rotatable bonds is 16. The Morgan fingerprint density at radius 1 is 0.775 bits per heavy atom. The molecule has 71 heavy (non-hydrogen) atoms. The lowest BCUT2D eigenvalue weighted by Gasteiger charge is -2.62.